The van der Waals surface area contributed by atoms with Gasteiger partial charge in [0.1, 0.15) is 16.2 Å². The highest BCUT2D eigenvalue weighted by Crippen LogP contribution is 2.39. The van der Waals surface area contributed by atoms with Gasteiger partial charge < -0.3 is 19.1 Å². The van der Waals surface area contributed by atoms with Gasteiger partial charge in [-0.15, -0.1) is 0 Å². The summed E-state index contributed by atoms with van der Waals surface area (Å²) in [5.74, 6) is -3.62. The number of carbonyl (C=O) groups is 2. The SMILES string of the molecule is COC(=O)C1CCCC1S(=O)(=O)c1ccc(C)cc1OCCCCCN(C(=O)OC(C)(C)C)C1CCC(F)(F)CC1. The largest absolute Gasteiger partial charge is 0.492 e. The first-order valence-electron chi connectivity index (χ1n) is 14.6. The van der Waals surface area contributed by atoms with Crippen molar-refractivity contribution in [2.45, 2.75) is 120 Å². The van der Waals surface area contributed by atoms with Crippen LogP contribution < -0.4 is 4.74 Å². The second-order valence-electron chi connectivity index (χ2n) is 12.3. The Morgan fingerprint density at radius 2 is 1.73 bits per heavy atom. The summed E-state index contributed by atoms with van der Waals surface area (Å²) >= 11 is 0. The third-order valence-corrected chi connectivity index (χ3v) is 10.1. The lowest BCUT2D eigenvalue weighted by Crippen LogP contribution is -2.46. The molecule has 2 aliphatic carbocycles. The molecule has 0 N–H and O–H groups in total. The Bertz CT molecular complexity index is 1160. The molecular formula is C30H45F2NO7S. The molecule has 2 unspecified atom stereocenters. The minimum Gasteiger partial charge on any atom is -0.492 e. The minimum atomic E-state index is -3.83. The molecule has 0 heterocycles. The van der Waals surface area contributed by atoms with E-state index in [1.807, 2.05) is 6.92 Å². The Balaban J connectivity index is 1.59. The molecule has 3 rings (SSSR count). The van der Waals surface area contributed by atoms with Crippen molar-refractivity contribution in [2.24, 2.45) is 5.92 Å². The number of halogens is 2. The highest BCUT2D eigenvalue weighted by molar-refractivity contribution is 7.92. The van der Waals surface area contributed by atoms with Crippen LogP contribution >= 0.6 is 0 Å². The molecule has 232 valence electrons. The topological polar surface area (TPSA) is 99.2 Å². The van der Waals surface area contributed by atoms with E-state index < -0.39 is 44.6 Å². The smallest absolute Gasteiger partial charge is 0.410 e. The number of alkyl halides is 2. The van der Waals surface area contributed by atoms with Crippen LogP contribution in [0.4, 0.5) is 13.6 Å². The summed E-state index contributed by atoms with van der Waals surface area (Å²) < 4.78 is 71.0. The van der Waals surface area contributed by atoms with E-state index in [4.69, 9.17) is 14.2 Å². The molecule has 11 heteroatoms. The van der Waals surface area contributed by atoms with Crippen LogP contribution in [0.2, 0.25) is 0 Å². The van der Waals surface area contributed by atoms with Crippen molar-refractivity contribution in [1.29, 1.82) is 0 Å². The maximum atomic E-state index is 13.7. The van der Waals surface area contributed by atoms with E-state index in [0.29, 0.717) is 45.1 Å². The van der Waals surface area contributed by atoms with Gasteiger partial charge in [0.15, 0.2) is 9.84 Å². The number of aryl methyl sites for hydroxylation is 1. The molecule has 0 bridgehead atoms. The first-order chi connectivity index (χ1) is 19.1. The molecule has 0 aliphatic heterocycles. The average molecular weight is 602 g/mol. The van der Waals surface area contributed by atoms with Crippen LogP contribution in [0.25, 0.3) is 0 Å². The molecule has 41 heavy (non-hydrogen) atoms. The van der Waals surface area contributed by atoms with Crippen LogP contribution in [0.15, 0.2) is 23.1 Å². The van der Waals surface area contributed by atoms with Crippen LogP contribution in [0, 0.1) is 12.8 Å². The maximum Gasteiger partial charge on any atom is 0.410 e. The van der Waals surface area contributed by atoms with Crippen LogP contribution in [0.1, 0.15) is 90.5 Å². The lowest BCUT2D eigenvalue weighted by atomic mass is 9.91. The number of hydrogen-bond acceptors (Lipinski definition) is 7. The van der Waals surface area contributed by atoms with Crippen LogP contribution in [-0.2, 0) is 24.1 Å². The summed E-state index contributed by atoms with van der Waals surface area (Å²) in [6, 6.07) is 4.66. The number of amides is 1. The average Bonchev–Trinajstić information content (AvgIpc) is 3.38. The van der Waals surface area contributed by atoms with Gasteiger partial charge in [-0.1, -0.05) is 12.5 Å². The first kappa shape index (κ1) is 33.1. The zero-order valence-corrected chi connectivity index (χ0v) is 25.7. The Morgan fingerprint density at radius 3 is 2.37 bits per heavy atom. The monoisotopic (exact) mass is 601 g/mol. The zero-order valence-electron chi connectivity index (χ0n) is 24.9. The van der Waals surface area contributed by atoms with Gasteiger partial charge in [0.25, 0.3) is 0 Å². The number of esters is 1. The molecule has 0 aromatic heterocycles. The number of carbonyl (C=O) groups excluding carboxylic acids is 2. The fraction of sp³-hybridized carbons (Fsp3) is 0.733. The Morgan fingerprint density at radius 1 is 1.05 bits per heavy atom. The van der Waals surface area contributed by atoms with E-state index in [1.54, 1.807) is 43.9 Å². The van der Waals surface area contributed by atoms with Crippen molar-refractivity contribution >= 4 is 21.9 Å². The molecule has 8 nitrogen and oxygen atoms in total. The second kappa shape index (κ2) is 13.7. The maximum absolute atomic E-state index is 13.7. The van der Waals surface area contributed by atoms with E-state index in [1.165, 1.54) is 7.11 Å². The summed E-state index contributed by atoms with van der Waals surface area (Å²) in [5, 5.41) is -0.849. The van der Waals surface area contributed by atoms with Crippen LogP contribution in [0.3, 0.4) is 0 Å². The van der Waals surface area contributed by atoms with E-state index in [-0.39, 0.29) is 49.0 Å². The van der Waals surface area contributed by atoms with Crippen LogP contribution in [-0.4, -0.2) is 68.5 Å². The Labute approximate surface area is 243 Å². The molecule has 0 radical (unpaired) electrons. The summed E-state index contributed by atoms with van der Waals surface area (Å²) in [6.45, 7) is 7.82. The number of sulfone groups is 1. The molecule has 2 saturated carbocycles. The summed E-state index contributed by atoms with van der Waals surface area (Å²) in [7, 11) is -2.56. The van der Waals surface area contributed by atoms with Crippen molar-refractivity contribution in [1.82, 2.24) is 4.90 Å². The van der Waals surface area contributed by atoms with E-state index in [9.17, 15) is 26.8 Å². The number of benzene rings is 1. The number of rotatable bonds is 11. The van der Waals surface area contributed by atoms with Gasteiger partial charge in [-0.2, -0.15) is 0 Å². The van der Waals surface area contributed by atoms with Gasteiger partial charge in [0.2, 0.25) is 5.92 Å². The Hall–Kier alpha value is -2.43. The minimum absolute atomic E-state index is 0.0779. The molecule has 2 atom stereocenters. The van der Waals surface area contributed by atoms with Gasteiger partial charge in [-0.3, -0.25) is 4.79 Å². The lowest BCUT2D eigenvalue weighted by Gasteiger charge is -2.37. The van der Waals surface area contributed by atoms with Gasteiger partial charge in [-0.25, -0.2) is 22.0 Å². The molecule has 2 aliphatic rings. The number of ether oxygens (including phenoxy) is 3. The zero-order chi connectivity index (χ0) is 30.4. The summed E-state index contributed by atoms with van der Waals surface area (Å²) in [4.78, 5) is 26.8. The van der Waals surface area contributed by atoms with Gasteiger partial charge in [0.05, 0.1) is 24.9 Å². The molecule has 1 amide bonds. The number of methoxy groups -OCH3 is 1. The standard InChI is InChI=1S/C30H45F2NO7S/c1-21-12-13-26(41(36,37)25-11-9-10-23(25)27(34)38-5)24(20-21)39-19-8-6-7-18-33(28(35)40-29(2,3)4)22-14-16-30(31,32)17-15-22/h12-13,20,22-23,25H,6-11,14-19H2,1-5H3. The lowest BCUT2D eigenvalue weighted by molar-refractivity contribution is -0.145. The molecular weight excluding hydrogens is 556 g/mol. The van der Waals surface area contributed by atoms with Crippen molar-refractivity contribution in [3.63, 3.8) is 0 Å². The van der Waals surface area contributed by atoms with E-state index in [2.05, 4.69) is 0 Å². The first-order valence-corrected chi connectivity index (χ1v) is 16.1. The van der Waals surface area contributed by atoms with Gasteiger partial charge in [-0.05, 0) is 90.3 Å². The fourth-order valence-corrected chi connectivity index (χ4v) is 7.81. The predicted octanol–water partition coefficient (Wildman–Crippen LogP) is 6.47. The number of hydrogen-bond donors (Lipinski definition) is 0. The van der Waals surface area contributed by atoms with Crippen LogP contribution in [0.5, 0.6) is 5.75 Å². The third kappa shape index (κ3) is 9.03. The van der Waals surface area contributed by atoms with Gasteiger partial charge >= 0.3 is 12.1 Å². The predicted molar refractivity (Wildman–Crippen MR) is 151 cm³/mol. The molecule has 0 saturated heterocycles. The number of unbranched alkanes of at least 4 members (excludes halogenated alkanes) is 2. The second-order valence-corrected chi connectivity index (χ2v) is 14.4. The summed E-state index contributed by atoms with van der Waals surface area (Å²) in [6.07, 6.45) is 2.90. The van der Waals surface area contributed by atoms with Crippen molar-refractivity contribution in [3.05, 3.63) is 23.8 Å². The summed E-state index contributed by atoms with van der Waals surface area (Å²) in [5.41, 5.74) is 0.157. The van der Waals surface area contributed by atoms with Gasteiger partial charge in [0, 0.05) is 25.4 Å². The molecule has 0 spiro atoms. The molecule has 1 aromatic rings. The van der Waals surface area contributed by atoms with E-state index in [0.717, 1.165) is 5.56 Å². The van der Waals surface area contributed by atoms with Crippen molar-refractivity contribution in [2.75, 3.05) is 20.3 Å². The quantitative estimate of drug-likeness (QED) is 0.212. The van der Waals surface area contributed by atoms with Crippen molar-refractivity contribution in [3.8, 4) is 5.75 Å². The highest BCUT2D eigenvalue weighted by atomic mass is 32.2. The molecule has 1 aromatic carbocycles. The normalized spacial score (nSPS) is 21.3. The Kier molecular flexibility index (Phi) is 11.0. The number of nitrogens with zero attached hydrogens (tertiary/aromatic N) is 1. The van der Waals surface area contributed by atoms with E-state index >= 15 is 0 Å². The fourth-order valence-electron chi connectivity index (χ4n) is 5.67. The van der Waals surface area contributed by atoms with Crippen molar-refractivity contribution < 1.29 is 41.0 Å². The third-order valence-electron chi connectivity index (χ3n) is 7.82. The highest BCUT2D eigenvalue weighted by Gasteiger charge is 2.44. The molecule has 2 fully saturated rings.